The second kappa shape index (κ2) is 8.81. The van der Waals surface area contributed by atoms with Gasteiger partial charge < -0.3 is 20.1 Å². The van der Waals surface area contributed by atoms with Crippen LogP contribution in [0, 0.1) is 0 Å². The van der Waals surface area contributed by atoms with Crippen LogP contribution in [0.25, 0.3) is 0 Å². The van der Waals surface area contributed by atoms with Crippen molar-refractivity contribution >= 4 is 11.4 Å². The number of pyridine rings is 1. The molecule has 0 saturated carbocycles. The second-order valence-electron chi connectivity index (χ2n) is 5.22. The van der Waals surface area contributed by atoms with E-state index in [1.54, 1.807) is 19.5 Å². The third-order valence-electron chi connectivity index (χ3n) is 3.73. The predicted octanol–water partition coefficient (Wildman–Crippen LogP) is 0.839. The van der Waals surface area contributed by atoms with Crippen LogP contribution in [-0.2, 0) is 9.47 Å². The number of anilines is 2. The van der Waals surface area contributed by atoms with Crippen LogP contribution in [0.2, 0.25) is 0 Å². The van der Waals surface area contributed by atoms with Crippen LogP contribution < -0.4 is 10.6 Å². The Bertz CT molecular complexity index is 408. The molecule has 0 unspecified atom stereocenters. The quantitative estimate of drug-likeness (QED) is 0.717. The zero-order valence-electron chi connectivity index (χ0n) is 12.8. The Labute approximate surface area is 126 Å². The number of ether oxygens (including phenoxy) is 2. The Kier molecular flexibility index (Phi) is 6.72. The van der Waals surface area contributed by atoms with E-state index in [0.717, 1.165) is 70.3 Å². The summed E-state index contributed by atoms with van der Waals surface area (Å²) in [6, 6.07) is 1.99. The van der Waals surface area contributed by atoms with E-state index < -0.39 is 0 Å². The van der Waals surface area contributed by atoms with Gasteiger partial charge >= 0.3 is 0 Å². The number of aromatic nitrogens is 1. The highest BCUT2D eigenvalue weighted by Crippen LogP contribution is 2.22. The first-order valence-electron chi connectivity index (χ1n) is 7.54. The molecule has 0 amide bonds. The summed E-state index contributed by atoms with van der Waals surface area (Å²) in [5.74, 6) is 0. The third-order valence-corrected chi connectivity index (χ3v) is 3.73. The summed E-state index contributed by atoms with van der Waals surface area (Å²) in [5.41, 5.74) is 7.83. The fraction of sp³-hybridized carbons (Fsp3) is 0.667. The standard InChI is InChI=1S/C15H26N4O2/c1-20-10-2-11-21-12-9-18-5-7-19(8-6-18)15-3-4-17-13-14(15)16/h3-4,13H,2,5-12,16H2,1H3. The van der Waals surface area contributed by atoms with Crippen molar-refractivity contribution in [1.82, 2.24) is 9.88 Å². The SMILES string of the molecule is COCCCOCCN1CCN(c2ccncc2N)CC1. The lowest BCUT2D eigenvalue weighted by molar-refractivity contribution is 0.0824. The fourth-order valence-electron chi connectivity index (χ4n) is 2.50. The normalized spacial score (nSPS) is 16.3. The molecule has 0 aliphatic carbocycles. The number of nitrogen functional groups attached to an aromatic ring is 1. The Morgan fingerprint density at radius 3 is 2.71 bits per heavy atom. The minimum absolute atomic E-state index is 0.757. The van der Waals surface area contributed by atoms with E-state index in [1.165, 1.54) is 0 Å². The molecule has 0 atom stereocenters. The second-order valence-corrected chi connectivity index (χ2v) is 5.22. The lowest BCUT2D eigenvalue weighted by atomic mass is 10.2. The molecular weight excluding hydrogens is 268 g/mol. The smallest absolute Gasteiger partial charge is 0.0738 e. The zero-order valence-corrected chi connectivity index (χ0v) is 12.8. The summed E-state index contributed by atoms with van der Waals surface area (Å²) < 4.78 is 10.6. The summed E-state index contributed by atoms with van der Waals surface area (Å²) in [4.78, 5) is 8.80. The number of piperazine rings is 1. The minimum atomic E-state index is 0.757. The average Bonchev–Trinajstić information content (AvgIpc) is 2.52. The largest absolute Gasteiger partial charge is 0.396 e. The Morgan fingerprint density at radius 2 is 2.00 bits per heavy atom. The van der Waals surface area contributed by atoms with Crippen LogP contribution in [0.3, 0.4) is 0 Å². The molecule has 1 aromatic rings. The van der Waals surface area contributed by atoms with Crippen LogP contribution in [-0.4, -0.2) is 69.5 Å². The first-order chi connectivity index (χ1) is 10.3. The topological polar surface area (TPSA) is 63.9 Å². The summed E-state index contributed by atoms with van der Waals surface area (Å²) in [6.45, 7) is 7.42. The molecule has 1 fully saturated rings. The molecule has 1 saturated heterocycles. The molecule has 1 aliphatic rings. The van der Waals surface area contributed by atoms with Gasteiger partial charge in [-0.25, -0.2) is 0 Å². The lowest BCUT2D eigenvalue weighted by Crippen LogP contribution is -2.47. The van der Waals surface area contributed by atoms with E-state index >= 15 is 0 Å². The maximum atomic E-state index is 5.98. The van der Waals surface area contributed by atoms with Crippen LogP contribution >= 0.6 is 0 Å². The van der Waals surface area contributed by atoms with E-state index in [2.05, 4.69) is 14.8 Å². The third kappa shape index (κ3) is 5.15. The van der Waals surface area contributed by atoms with Crippen molar-refractivity contribution in [3.8, 4) is 0 Å². The fourth-order valence-corrected chi connectivity index (χ4v) is 2.50. The molecule has 0 aromatic carbocycles. The highest BCUT2D eigenvalue weighted by molar-refractivity contribution is 5.66. The first kappa shape index (κ1) is 16.0. The van der Waals surface area contributed by atoms with Crippen LogP contribution in [0.15, 0.2) is 18.5 Å². The van der Waals surface area contributed by atoms with Gasteiger partial charge in [0.1, 0.15) is 0 Å². The first-order valence-corrected chi connectivity index (χ1v) is 7.54. The van der Waals surface area contributed by atoms with Gasteiger partial charge in [0, 0.05) is 59.2 Å². The average molecular weight is 294 g/mol. The van der Waals surface area contributed by atoms with Gasteiger partial charge in [-0.2, -0.15) is 0 Å². The summed E-state index contributed by atoms with van der Waals surface area (Å²) in [6.07, 6.45) is 4.48. The van der Waals surface area contributed by atoms with E-state index in [1.807, 2.05) is 6.07 Å². The van der Waals surface area contributed by atoms with Gasteiger partial charge in [-0.15, -0.1) is 0 Å². The van der Waals surface area contributed by atoms with Gasteiger partial charge in [-0.1, -0.05) is 0 Å². The molecule has 0 spiro atoms. The van der Waals surface area contributed by atoms with Gasteiger partial charge in [0.25, 0.3) is 0 Å². The van der Waals surface area contributed by atoms with Crippen molar-refractivity contribution in [1.29, 1.82) is 0 Å². The molecule has 0 bridgehead atoms. The molecule has 1 aliphatic heterocycles. The van der Waals surface area contributed by atoms with Crippen molar-refractivity contribution in [3.05, 3.63) is 18.5 Å². The lowest BCUT2D eigenvalue weighted by Gasteiger charge is -2.36. The van der Waals surface area contributed by atoms with Crippen LogP contribution in [0.1, 0.15) is 6.42 Å². The molecule has 118 valence electrons. The van der Waals surface area contributed by atoms with E-state index in [4.69, 9.17) is 15.2 Å². The van der Waals surface area contributed by atoms with Gasteiger partial charge in [0.2, 0.25) is 0 Å². The molecule has 2 N–H and O–H groups in total. The number of methoxy groups -OCH3 is 1. The van der Waals surface area contributed by atoms with E-state index in [0.29, 0.717) is 0 Å². The summed E-state index contributed by atoms with van der Waals surface area (Å²) >= 11 is 0. The van der Waals surface area contributed by atoms with E-state index in [9.17, 15) is 0 Å². The van der Waals surface area contributed by atoms with Gasteiger partial charge in [-0.3, -0.25) is 9.88 Å². The number of hydrogen-bond donors (Lipinski definition) is 1. The van der Waals surface area contributed by atoms with E-state index in [-0.39, 0.29) is 0 Å². The minimum Gasteiger partial charge on any atom is -0.396 e. The highest BCUT2D eigenvalue weighted by atomic mass is 16.5. The molecule has 1 aromatic heterocycles. The van der Waals surface area contributed by atoms with Gasteiger partial charge in [-0.05, 0) is 12.5 Å². The highest BCUT2D eigenvalue weighted by Gasteiger charge is 2.18. The molecule has 2 heterocycles. The monoisotopic (exact) mass is 294 g/mol. The molecule has 21 heavy (non-hydrogen) atoms. The number of nitrogens with two attached hydrogens (primary N) is 1. The van der Waals surface area contributed by atoms with Crippen molar-refractivity contribution < 1.29 is 9.47 Å². The Balaban J connectivity index is 1.63. The maximum Gasteiger partial charge on any atom is 0.0738 e. The maximum absolute atomic E-state index is 5.98. The summed E-state index contributed by atoms with van der Waals surface area (Å²) in [5, 5.41) is 0. The van der Waals surface area contributed by atoms with Gasteiger partial charge in [0.15, 0.2) is 0 Å². The zero-order chi connectivity index (χ0) is 14.9. The molecule has 6 heteroatoms. The Morgan fingerprint density at radius 1 is 1.19 bits per heavy atom. The number of hydrogen-bond acceptors (Lipinski definition) is 6. The summed E-state index contributed by atoms with van der Waals surface area (Å²) in [7, 11) is 1.72. The van der Waals surface area contributed by atoms with Crippen molar-refractivity contribution in [2.45, 2.75) is 6.42 Å². The molecule has 0 radical (unpaired) electrons. The Hall–Kier alpha value is -1.37. The predicted molar refractivity (Wildman–Crippen MR) is 84.6 cm³/mol. The van der Waals surface area contributed by atoms with Crippen molar-refractivity contribution in [3.63, 3.8) is 0 Å². The molecular formula is C15H26N4O2. The number of rotatable bonds is 8. The van der Waals surface area contributed by atoms with Crippen LogP contribution in [0.4, 0.5) is 11.4 Å². The van der Waals surface area contributed by atoms with Gasteiger partial charge in [0.05, 0.1) is 24.2 Å². The number of nitrogens with zero attached hydrogens (tertiary/aromatic N) is 3. The van der Waals surface area contributed by atoms with Crippen LogP contribution in [0.5, 0.6) is 0 Å². The molecule has 6 nitrogen and oxygen atoms in total. The molecule has 2 rings (SSSR count). The van der Waals surface area contributed by atoms with Crippen molar-refractivity contribution in [2.24, 2.45) is 0 Å². The van der Waals surface area contributed by atoms with Crippen molar-refractivity contribution in [2.75, 3.05) is 70.3 Å².